The Hall–Kier alpha value is -2.77. The highest BCUT2D eigenvalue weighted by Gasteiger charge is 2.15. The maximum atomic E-state index is 11.4. The van der Waals surface area contributed by atoms with Crippen LogP contribution in [0.2, 0.25) is 0 Å². The molecule has 1 heterocycles. The second-order valence-corrected chi connectivity index (χ2v) is 6.85. The van der Waals surface area contributed by atoms with Crippen LogP contribution in [0.4, 0.5) is 0 Å². The van der Waals surface area contributed by atoms with E-state index in [9.17, 15) is 17.8 Å². The van der Waals surface area contributed by atoms with Crippen molar-refractivity contribution in [2.24, 2.45) is 0 Å². The number of benzene rings is 2. The van der Waals surface area contributed by atoms with Crippen LogP contribution in [0, 0.1) is 0 Å². The Labute approximate surface area is 145 Å². The molecule has 0 radical (unpaired) electrons. The molecule has 3 aromatic rings. The minimum Gasteiger partial charge on any atom is -0.303 e. The highest BCUT2D eigenvalue weighted by Crippen LogP contribution is 2.27. The number of rotatable bonds is 6. The summed E-state index contributed by atoms with van der Waals surface area (Å²) < 4.78 is 33.9. The van der Waals surface area contributed by atoms with Crippen molar-refractivity contribution in [1.82, 2.24) is 9.55 Å². The molecule has 0 saturated carbocycles. The molecule has 128 valence electrons. The normalized spacial score (nSPS) is 12.0. The van der Waals surface area contributed by atoms with Crippen LogP contribution in [0.5, 0.6) is 0 Å². The third kappa shape index (κ3) is 3.67. The number of fused-ring (bicyclic) bond motifs is 1. The molecule has 0 spiro atoms. The van der Waals surface area contributed by atoms with Crippen LogP contribution < -0.4 is 0 Å². The number of aromatic nitrogens is 2. The van der Waals surface area contributed by atoms with E-state index in [0.29, 0.717) is 29.7 Å². The predicted molar refractivity (Wildman–Crippen MR) is 95.6 cm³/mol. The van der Waals surface area contributed by atoms with Gasteiger partial charge in [0.05, 0.1) is 15.9 Å². The minimum atomic E-state index is -4.31. The average Bonchev–Trinajstić information content (AvgIpc) is 2.97. The molecule has 6 nitrogen and oxygen atoms in total. The summed E-state index contributed by atoms with van der Waals surface area (Å²) in [7, 11) is -4.31. The standard InChI is InChI=1S/C18H16N2O4S/c21-12-6-2-5-11-20-17-13-15(25(22,23)24)9-10-16(17)19-18(20)14-7-3-1-4-8-14/h1,3-5,7-13H,2,6H2,(H,22,23,24)/b11-5+. The average molecular weight is 356 g/mol. The Balaban J connectivity index is 2.20. The zero-order chi connectivity index (χ0) is 17.9. The first-order chi connectivity index (χ1) is 12.0. The number of hydrogen-bond donors (Lipinski definition) is 1. The highest BCUT2D eigenvalue weighted by molar-refractivity contribution is 7.85. The minimum absolute atomic E-state index is 0.193. The van der Waals surface area contributed by atoms with Gasteiger partial charge in [-0.1, -0.05) is 36.4 Å². The molecule has 0 aliphatic rings. The molecule has 0 aliphatic heterocycles. The van der Waals surface area contributed by atoms with Gasteiger partial charge in [-0.25, -0.2) is 4.98 Å². The van der Waals surface area contributed by atoms with Gasteiger partial charge in [0, 0.05) is 18.2 Å². The molecule has 1 N–H and O–H groups in total. The van der Waals surface area contributed by atoms with Crippen molar-refractivity contribution in [2.75, 3.05) is 0 Å². The zero-order valence-corrected chi connectivity index (χ0v) is 14.1. The Morgan fingerprint density at radius 3 is 2.52 bits per heavy atom. The third-order valence-corrected chi connectivity index (χ3v) is 4.55. The predicted octanol–water partition coefficient (Wildman–Crippen LogP) is 3.40. The van der Waals surface area contributed by atoms with Crippen LogP contribution in [-0.2, 0) is 14.9 Å². The van der Waals surface area contributed by atoms with Crippen molar-refractivity contribution >= 4 is 33.6 Å². The fourth-order valence-electron chi connectivity index (χ4n) is 2.52. The number of nitrogens with zero attached hydrogens (tertiary/aromatic N) is 2. The fraction of sp³-hybridized carbons (Fsp3) is 0.111. The van der Waals surface area contributed by atoms with Gasteiger partial charge in [0.25, 0.3) is 10.1 Å². The molecular formula is C18H16N2O4S. The van der Waals surface area contributed by atoms with Gasteiger partial charge < -0.3 is 4.79 Å². The molecule has 0 aliphatic carbocycles. The molecule has 0 amide bonds. The molecule has 7 heteroatoms. The van der Waals surface area contributed by atoms with Crippen molar-refractivity contribution in [3.05, 3.63) is 54.6 Å². The van der Waals surface area contributed by atoms with Gasteiger partial charge >= 0.3 is 0 Å². The van der Waals surface area contributed by atoms with Crippen LogP contribution in [0.3, 0.4) is 0 Å². The summed E-state index contributed by atoms with van der Waals surface area (Å²) in [5.74, 6) is 0.644. The van der Waals surface area contributed by atoms with Crippen LogP contribution in [0.15, 0.2) is 59.5 Å². The lowest BCUT2D eigenvalue weighted by Crippen LogP contribution is -1.98. The first-order valence-electron chi connectivity index (χ1n) is 7.66. The van der Waals surface area contributed by atoms with E-state index in [0.717, 1.165) is 11.8 Å². The van der Waals surface area contributed by atoms with Gasteiger partial charge in [0.1, 0.15) is 12.1 Å². The molecule has 0 fully saturated rings. The molecule has 2 aromatic carbocycles. The number of imidazole rings is 1. The lowest BCUT2D eigenvalue weighted by atomic mass is 10.2. The van der Waals surface area contributed by atoms with E-state index < -0.39 is 10.1 Å². The van der Waals surface area contributed by atoms with Gasteiger partial charge in [-0.3, -0.25) is 9.12 Å². The van der Waals surface area contributed by atoms with E-state index in [2.05, 4.69) is 4.98 Å². The maximum Gasteiger partial charge on any atom is 0.294 e. The lowest BCUT2D eigenvalue weighted by Gasteiger charge is -2.04. The topological polar surface area (TPSA) is 89.3 Å². The first kappa shape index (κ1) is 17.1. The summed E-state index contributed by atoms with van der Waals surface area (Å²) in [6.45, 7) is 0. The van der Waals surface area contributed by atoms with Gasteiger partial charge in [-0.2, -0.15) is 8.42 Å². The Kier molecular flexibility index (Phi) is 4.78. The summed E-state index contributed by atoms with van der Waals surface area (Å²) in [5.41, 5.74) is 2.02. The van der Waals surface area contributed by atoms with Crippen LogP contribution in [0.25, 0.3) is 28.6 Å². The van der Waals surface area contributed by atoms with E-state index in [1.807, 2.05) is 36.4 Å². The van der Waals surface area contributed by atoms with E-state index in [4.69, 9.17) is 0 Å². The summed E-state index contributed by atoms with van der Waals surface area (Å²) >= 11 is 0. The summed E-state index contributed by atoms with van der Waals surface area (Å²) in [6, 6.07) is 13.7. The number of aldehydes is 1. The monoisotopic (exact) mass is 356 g/mol. The molecular weight excluding hydrogens is 340 g/mol. The molecule has 0 unspecified atom stereocenters. The SMILES string of the molecule is O=CCC/C=C/n1c(-c2ccccc2)nc2ccc(S(=O)(=O)O)cc21. The van der Waals surface area contributed by atoms with Gasteiger partial charge in [-0.05, 0) is 24.6 Å². The lowest BCUT2D eigenvalue weighted by molar-refractivity contribution is -0.107. The summed E-state index contributed by atoms with van der Waals surface area (Å²) in [4.78, 5) is 14.9. The van der Waals surface area contributed by atoms with Crippen LogP contribution in [0.1, 0.15) is 12.8 Å². The molecule has 0 saturated heterocycles. The Morgan fingerprint density at radius 1 is 1.08 bits per heavy atom. The molecule has 0 bridgehead atoms. The second kappa shape index (κ2) is 7.00. The van der Waals surface area contributed by atoms with Gasteiger partial charge in [0.15, 0.2) is 0 Å². The number of unbranched alkanes of at least 4 members (excludes halogenated alkanes) is 1. The molecule has 1 aromatic heterocycles. The Bertz CT molecular complexity index is 1040. The highest BCUT2D eigenvalue weighted by atomic mass is 32.2. The van der Waals surface area contributed by atoms with E-state index in [-0.39, 0.29) is 4.90 Å². The summed E-state index contributed by atoms with van der Waals surface area (Å²) in [5, 5.41) is 0. The van der Waals surface area contributed by atoms with E-state index in [1.165, 1.54) is 12.1 Å². The van der Waals surface area contributed by atoms with Crippen molar-refractivity contribution in [3.63, 3.8) is 0 Å². The second-order valence-electron chi connectivity index (χ2n) is 5.43. The summed E-state index contributed by atoms with van der Waals surface area (Å²) in [6.07, 6.45) is 5.39. The fourth-order valence-corrected chi connectivity index (χ4v) is 3.02. The largest absolute Gasteiger partial charge is 0.303 e. The van der Waals surface area contributed by atoms with Crippen molar-refractivity contribution in [2.45, 2.75) is 17.7 Å². The Morgan fingerprint density at radius 2 is 1.84 bits per heavy atom. The van der Waals surface area contributed by atoms with E-state index in [1.54, 1.807) is 16.8 Å². The number of hydrogen-bond acceptors (Lipinski definition) is 4. The molecule has 3 rings (SSSR count). The van der Waals surface area contributed by atoms with Crippen molar-refractivity contribution in [3.8, 4) is 11.4 Å². The van der Waals surface area contributed by atoms with Crippen LogP contribution >= 0.6 is 0 Å². The van der Waals surface area contributed by atoms with Gasteiger partial charge in [0.2, 0.25) is 0 Å². The molecule has 25 heavy (non-hydrogen) atoms. The van der Waals surface area contributed by atoms with Crippen LogP contribution in [-0.4, -0.2) is 28.8 Å². The van der Waals surface area contributed by atoms with E-state index >= 15 is 0 Å². The van der Waals surface area contributed by atoms with Crippen molar-refractivity contribution < 1.29 is 17.8 Å². The maximum absolute atomic E-state index is 11.4. The van der Waals surface area contributed by atoms with Gasteiger partial charge in [-0.15, -0.1) is 0 Å². The first-order valence-corrected chi connectivity index (χ1v) is 9.10. The third-order valence-electron chi connectivity index (χ3n) is 3.70. The quantitative estimate of drug-likeness (QED) is 0.415. The smallest absolute Gasteiger partial charge is 0.294 e. The van der Waals surface area contributed by atoms with Crippen molar-refractivity contribution in [1.29, 1.82) is 0 Å². The molecule has 0 atom stereocenters. The number of allylic oxidation sites excluding steroid dienone is 1. The zero-order valence-electron chi connectivity index (χ0n) is 13.2. The number of carbonyl (C=O) groups is 1. The number of carbonyl (C=O) groups excluding carboxylic acids is 1.